The average molecular weight is 241 g/mol. The number of carbonyl (C=O) groups is 1. The summed E-state index contributed by atoms with van der Waals surface area (Å²) in [5.74, 6) is -0.0510. The van der Waals surface area contributed by atoms with Crippen molar-refractivity contribution in [2.75, 3.05) is 6.54 Å². The molecule has 1 aliphatic rings. The standard InChI is InChI=1S/C14H27NO2/c1-11(12-8-6-5-7-9-12)15(10-13(16)17)14(2,3)4/h11-12H,5-10H2,1-4H3,(H,16,17). The lowest BCUT2D eigenvalue weighted by Gasteiger charge is -2.43. The number of hydrogen-bond donors (Lipinski definition) is 1. The highest BCUT2D eigenvalue weighted by Gasteiger charge is 2.32. The van der Waals surface area contributed by atoms with Crippen LogP contribution in [0.2, 0.25) is 0 Å². The van der Waals surface area contributed by atoms with E-state index in [-0.39, 0.29) is 12.1 Å². The number of aliphatic carboxylic acids is 1. The highest BCUT2D eigenvalue weighted by Crippen LogP contribution is 2.31. The summed E-state index contributed by atoms with van der Waals surface area (Å²) < 4.78 is 0. The van der Waals surface area contributed by atoms with E-state index >= 15 is 0 Å². The molecule has 1 N–H and O–H groups in total. The smallest absolute Gasteiger partial charge is 0.317 e. The van der Waals surface area contributed by atoms with Crippen LogP contribution >= 0.6 is 0 Å². The molecule has 3 nitrogen and oxygen atoms in total. The van der Waals surface area contributed by atoms with Crippen molar-refractivity contribution in [2.45, 2.75) is 71.4 Å². The van der Waals surface area contributed by atoms with Crippen LogP contribution in [0.1, 0.15) is 59.8 Å². The third-order valence-electron chi connectivity index (χ3n) is 3.99. The van der Waals surface area contributed by atoms with Gasteiger partial charge in [0.05, 0.1) is 6.54 Å². The van der Waals surface area contributed by atoms with Crippen molar-refractivity contribution in [3.05, 3.63) is 0 Å². The van der Waals surface area contributed by atoms with E-state index in [9.17, 15) is 4.79 Å². The van der Waals surface area contributed by atoms with Crippen molar-refractivity contribution in [3.63, 3.8) is 0 Å². The second-order valence-electron chi connectivity index (χ2n) is 6.33. The zero-order chi connectivity index (χ0) is 13.1. The van der Waals surface area contributed by atoms with Gasteiger partial charge in [-0.3, -0.25) is 9.69 Å². The molecule has 1 atom stereocenters. The first-order valence-electron chi connectivity index (χ1n) is 6.81. The van der Waals surface area contributed by atoms with Crippen LogP contribution in [0, 0.1) is 5.92 Å². The number of carboxylic acid groups (broad SMARTS) is 1. The van der Waals surface area contributed by atoms with E-state index in [4.69, 9.17) is 5.11 Å². The van der Waals surface area contributed by atoms with Crippen molar-refractivity contribution >= 4 is 5.97 Å². The fourth-order valence-corrected chi connectivity index (χ4v) is 3.01. The second kappa shape index (κ2) is 5.85. The van der Waals surface area contributed by atoms with Crippen LogP contribution in [0.3, 0.4) is 0 Å². The largest absolute Gasteiger partial charge is 0.480 e. The minimum absolute atomic E-state index is 0.0742. The Morgan fingerprint density at radius 1 is 1.29 bits per heavy atom. The van der Waals surface area contributed by atoms with Gasteiger partial charge in [-0.05, 0) is 46.5 Å². The summed E-state index contributed by atoms with van der Waals surface area (Å²) >= 11 is 0. The Balaban J connectivity index is 2.70. The van der Waals surface area contributed by atoms with E-state index in [1.165, 1.54) is 32.1 Å². The molecule has 0 bridgehead atoms. The molecule has 0 aromatic rings. The molecule has 1 unspecified atom stereocenters. The Bertz CT molecular complexity index is 251. The van der Waals surface area contributed by atoms with Gasteiger partial charge in [0, 0.05) is 11.6 Å². The highest BCUT2D eigenvalue weighted by molar-refractivity contribution is 5.69. The maximum absolute atomic E-state index is 11.0. The predicted octanol–water partition coefficient (Wildman–Crippen LogP) is 3.14. The third kappa shape index (κ3) is 4.30. The van der Waals surface area contributed by atoms with Gasteiger partial charge in [-0.25, -0.2) is 0 Å². The molecule has 0 aliphatic heterocycles. The van der Waals surface area contributed by atoms with Crippen molar-refractivity contribution in [2.24, 2.45) is 5.92 Å². The summed E-state index contributed by atoms with van der Waals surface area (Å²) in [5.41, 5.74) is -0.0742. The maximum Gasteiger partial charge on any atom is 0.317 e. The van der Waals surface area contributed by atoms with Crippen LogP contribution in [0.4, 0.5) is 0 Å². The van der Waals surface area contributed by atoms with Crippen LogP contribution in [0.25, 0.3) is 0 Å². The molecule has 0 spiro atoms. The molecule has 1 aliphatic carbocycles. The van der Waals surface area contributed by atoms with Crippen molar-refractivity contribution < 1.29 is 9.90 Å². The maximum atomic E-state index is 11.0. The Labute approximate surface area is 105 Å². The van der Waals surface area contributed by atoms with Crippen LogP contribution in [-0.2, 0) is 4.79 Å². The van der Waals surface area contributed by atoms with Gasteiger partial charge >= 0.3 is 5.97 Å². The topological polar surface area (TPSA) is 40.5 Å². The molecule has 3 heteroatoms. The summed E-state index contributed by atoms with van der Waals surface area (Å²) in [7, 11) is 0. The van der Waals surface area contributed by atoms with Crippen molar-refractivity contribution in [1.29, 1.82) is 0 Å². The van der Waals surface area contributed by atoms with Crippen LogP contribution in [-0.4, -0.2) is 34.1 Å². The Kier molecular flexibility index (Phi) is 4.99. The third-order valence-corrected chi connectivity index (χ3v) is 3.99. The number of rotatable bonds is 4. The summed E-state index contributed by atoms with van der Waals surface area (Å²) in [6, 6.07) is 0.367. The van der Waals surface area contributed by atoms with Crippen molar-refractivity contribution in [1.82, 2.24) is 4.90 Å². The zero-order valence-corrected chi connectivity index (χ0v) is 11.7. The molecule has 0 aromatic carbocycles. The normalized spacial score (nSPS) is 20.5. The molecule has 0 amide bonds. The lowest BCUT2D eigenvalue weighted by atomic mass is 9.82. The van der Waals surface area contributed by atoms with Gasteiger partial charge in [-0.2, -0.15) is 0 Å². The molecule has 17 heavy (non-hydrogen) atoms. The van der Waals surface area contributed by atoms with Gasteiger partial charge in [-0.1, -0.05) is 19.3 Å². The Morgan fingerprint density at radius 3 is 2.24 bits per heavy atom. The zero-order valence-electron chi connectivity index (χ0n) is 11.7. The van der Waals surface area contributed by atoms with E-state index in [2.05, 4.69) is 32.6 Å². The fraction of sp³-hybridized carbons (Fsp3) is 0.929. The first-order chi connectivity index (χ1) is 7.82. The molecule has 100 valence electrons. The average Bonchev–Trinajstić information content (AvgIpc) is 2.24. The van der Waals surface area contributed by atoms with Crippen molar-refractivity contribution in [3.8, 4) is 0 Å². The summed E-state index contributed by atoms with van der Waals surface area (Å²) in [6.07, 6.45) is 6.47. The molecule has 0 aromatic heterocycles. The summed E-state index contributed by atoms with van der Waals surface area (Å²) in [4.78, 5) is 13.1. The summed E-state index contributed by atoms with van der Waals surface area (Å²) in [5, 5.41) is 9.05. The number of hydrogen-bond acceptors (Lipinski definition) is 2. The quantitative estimate of drug-likeness (QED) is 0.822. The van der Waals surface area contributed by atoms with Crippen LogP contribution in [0.5, 0.6) is 0 Å². The molecule has 1 fully saturated rings. The fourth-order valence-electron chi connectivity index (χ4n) is 3.01. The molecule has 0 saturated heterocycles. The lowest BCUT2D eigenvalue weighted by molar-refractivity contribution is -0.141. The first kappa shape index (κ1) is 14.5. The van der Waals surface area contributed by atoms with Gasteiger partial charge < -0.3 is 5.11 Å². The minimum Gasteiger partial charge on any atom is -0.480 e. The van der Waals surface area contributed by atoms with Crippen LogP contribution in [0.15, 0.2) is 0 Å². The van der Waals surface area contributed by atoms with Gasteiger partial charge in [0.2, 0.25) is 0 Å². The molecule has 1 saturated carbocycles. The Hall–Kier alpha value is -0.570. The van der Waals surface area contributed by atoms with E-state index in [0.29, 0.717) is 12.0 Å². The SMILES string of the molecule is CC(C1CCCCC1)N(CC(=O)O)C(C)(C)C. The van der Waals surface area contributed by atoms with Gasteiger partial charge in [-0.15, -0.1) is 0 Å². The van der Waals surface area contributed by atoms with Gasteiger partial charge in [0.25, 0.3) is 0 Å². The highest BCUT2D eigenvalue weighted by atomic mass is 16.4. The Morgan fingerprint density at radius 2 is 1.82 bits per heavy atom. The van der Waals surface area contributed by atoms with Gasteiger partial charge in [0.1, 0.15) is 0 Å². The lowest BCUT2D eigenvalue weighted by Crippen LogP contribution is -2.52. The van der Waals surface area contributed by atoms with Gasteiger partial charge in [0.15, 0.2) is 0 Å². The van der Waals surface area contributed by atoms with Crippen LogP contribution < -0.4 is 0 Å². The summed E-state index contributed by atoms with van der Waals surface area (Å²) in [6.45, 7) is 8.67. The van der Waals surface area contributed by atoms with E-state index in [1.54, 1.807) is 0 Å². The molecular weight excluding hydrogens is 214 g/mol. The van der Waals surface area contributed by atoms with E-state index in [0.717, 1.165) is 0 Å². The first-order valence-corrected chi connectivity index (χ1v) is 6.81. The molecule has 1 rings (SSSR count). The number of carboxylic acids is 1. The minimum atomic E-state index is -0.720. The predicted molar refractivity (Wildman–Crippen MR) is 70.1 cm³/mol. The monoisotopic (exact) mass is 241 g/mol. The molecule has 0 radical (unpaired) electrons. The second-order valence-corrected chi connectivity index (χ2v) is 6.33. The molecular formula is C14H27NO2. The molecule has 0 heterocycles. The number of nitrogens with zero attached hydrogens (tertiary/aromatic N) is 1. The van der Waals surface area contributed by atoms with E-state index in [1.807, 2.05) is 0 Å². The van der Waals surface area contributed by atoms with E-state index < -0.39 is 5.97 Å².